The number of para-hydroxylation sites is 1. The molecule has 11 heteroatoms. The summed E-state index contributed by atoms with van der Waals surface area (Å²) >= 11 is 0. The van der Waals surface area contributed by atoms with Crippen LogP contribution in [0.15, 0.2) is 64.4 Å². The molecule has 2 aromatic heterocycles. The van der Waals surface area contributed by atoms with E-state index in [0.29, 0.717) is 0 Å². The Morgan fingerprint density at radius 1 is 1.03 bits per heavy atom. The van der Waals surface area contributed by atoms with Crippen LogP contribution in [0.4, 0.5) is 13.2 Å². The second kappa shape index (κ2) is 7.77. The summed E-state index contributed by atoms with van der Waals surface area (Å²) in [6, 6.07) is 11.0. The maximum Gasteiger partial charge on any atom is 0.501 e. The molecule has 0 aliphatic heterocycles. The molecule has 172 valence electrons. The van der Waals surface area contributed by atoms with Crippen molar-refractivity contribution >= 4 is 20.7 Å². The number of benzene rings is 2. The number of aromatic nitrogens is 3. The third kappa shape index (κ3) is 3.67. The van der Waals surface area contributed by atoms with Gasteiger partial charge in [-0.2, -0.15) is 13.2 Å². The van der Waals surface area contributed by atoms with Crippen molar-refractivity contribution in [3.8, 4) is 11.6 Å². The monoisotopic (exact) mass is 477 g/mol. The number of fused-ring (bicyclic) bond motifs is 1. The molecule has 4 aromatic rings. The number of alkyl halides is 3. The van der Waals surface area contributed by atoms with Gasteiger partial charge >= 0.3 is 11.2 Å². The zero-order chi connectivity index (χ0) is 24.1. The zero-order valence-corrected chi connectivity index (χ0v) is 18.3. The van der Waals surface area contributed by atoms with Crippen molar-refractivity contribution in [1.29, 1.82) is 0 Å². The van der Waals surface area contributed by atoms with Gasteiger partial charge in [-0.3, -0.25) is 9.55 Å². The molecule has 0 radical (unpaired) electrons. The van der Waals surface area contributed by atoms with Gasteiger partial charge in [0.1, 0.15) is 0 Å². The number of aryl methyl sites for hydroxylation is 1. The first-order valence-corrected chi connectivity index (χ1v) is 11.2. The molecule has 0 saturated carbocycles. The maximum atomic E-state index is 13.2. The predicted molar refractivity (Wildman–Crippen MR) is 115 cm³/mol. The predicted octanol–water partition coefficient (Wildman–Crippen LogP) is 3.85. The van der Waals surface area contributed by atoms with Crippen LogP contribution in [-0.2, 0) is 16.4 Å². The third-order valence-corrected chi connectivity index (χ3v) is 6.99. The summed E-state index contributed by atoms with van der Waals surface area (Å²) in [4.78, 5) is 16.6. The quantitative estimate of drug-likeness (QED) is 0.482. The van der Waals surface area contributed by atoms with Crippen LogP contribution >= 0.6 is 0 Å². The zero-order valence-electron chi connectivity index (χ0n) is 17.5. The molecule has 0 amide bonds. The molecule has 0 aliphatic carbocycles. The van der Waals surface area contributed by atoms with Crippen LogP contribution < -0.4 is 5.69 Å². The van der Waals surface area contributed by atoms with Gasteiger partial charge in [0.2, 0.25) is 5.88 Å². The summed E-state index contributed by atoms with van der Waals surface area (Å²) in [6.45, 7) is 3.51. The minimum absolute atomic E-state index is 0.0248. The van der Waals surface area contributed by atoms with Crippen LogP contribution in [0, 0.1) is 13.8 Å². The van der Waals surface area contributed by atoms with Crippen molar-refractivity contribution in [3.05, 3.63) is 82.0 Å². The van der Waals surface area contributed by atoms with Gasteiger partial charge in [0.05, 0.1) is 28.3 Å². The third-order valence-electron chi connectivity index (χ3n) is 5.49. The molecule has 0 saturated heterocycles. The number of hydrogen-bond acceptors (Lipinski definition) is 5. The Bertz CT molecular complexity index is 1540. The van der Waals surface area contributed by atoms with Crippen LogP contribution in [0.2, 0.25) is 0 Å². The highest BCUT2D eigenvalue weighted by atomic mass is 32.2. The molecule has 33 heavy (non-hydrogen) atoms. The van der Waals surface area contributed by atoms with Gasteiger partial charge in [-0.15, -0.1) is 0 Å². The van der Waals surface area contributed by atoms with Gasteiger partial charge in [-0.25, -0.2) is 17.8 Å². The molecule has 0 unspecified atom stereocenters. The number of imidazole rings is 1. The standard InChI is InChI=1S/C22H18F3N3O4S/c1-13-11-26-19-6-4-3-5-17(19)18(13)12-27-14(2)20(29)28(21(27)30)15-7-9-16(10-8-15)33(31,32)22(23,24)25/h3-11,29H,12H2,1-2H3. The normalized spacial score (nSPS) is 12.4. The van der Waals surface area contributed by atoms with Crippen molar-refractivity contribution in [2.24, 2.45) is 0 Å². The lowest BCUT2D eigenvalue weighted by atomic mass is 10.0. The molecule has 1 N–H and O–H groups in total. The molecule has 0 bridgehead atoms. The van der Waals surface area contributed by atoms with Crippen LogP contribution in [-0.4, -0.2) is 33.2 Å². The van der Waals surface area contributed by atoms with Crippen molar-refractivity contribution in [3.63, 3.8) is 0 Å². The Balaban J connectivity index is 1.80. The second-order valence-electron chi connectivity index (χ2n) is 7.49. The van der Waals surface area contributed by atoms with E-state index in [2.05, 4.69) is 4.98 Å². The van der Waals surface area contributed by atoms with E-state index in [1.807, 2.05) is 31.2 Å². The van der Waals surface area contributed by atoms with E-state index in [9.17, 15) is 31.5 Å². The average molecular weight is 477 g/mol. The van der Waals surface area contributed by atoms with Gasteiger partial charge in [-0.1, -0.05) is 18.2 Å². The Hall–Kier alpha value is -3.60. The smallest absolute Gasteiger partial charge is 0.493 e. The molecule has 0 spiro atoms. The second-order valence-corrected chi connectivity index (χ2v) is 9.43. The number of rotatable bonds is 4. The highest BCUT2D eigenvalue weighted by Gasteiger charge is 2.46. The molecule has 2 heterocycles. The van der Waals surface area contributed by atoms with Gasteiger partial charge in [0, 0.05) is 11.6 Å². The number of sulfone groups is 1. The van der Waals surface area contributed by atoms with E-state index in [-0.39, 0.29) is 17.9 Å². The van der Waals surface area contributed by atoms with Crippen molar-refractivity contribution < 1.29 is 26.7 Å². The first kappa shape index (κ1) is 22.6. The van der Waals surface area contributed by atoms with Gasteiger partial charge in [0.25, 0.3) is 9.84 Å². The molecule has 0 atom stereocenters. The molecule has 0 fully saturated rings. The van der Waals surface area contributed by atoms with Gasteiger partial charge in [0.15, 0.2) is 0 Å². The van der Waals surface area contributed by atoms with Crippen molar-refractivity contribution in [2.45, 2.75) is 30.8 Å². The van der Waals surface area contributed by atoms with Crippen LogP contribution in [0.5, 0.6) is 5.88 Å². The molecule has 0 aliphatic rings. The minimum Gasteiger partial charge on any atom is -0.493 e. The largest absolute Gasteiger partial charge is 0.501 e. The molecule has 4 rings (SSSR count). The fourth-order valence-corrected chi connectivity index (χ4v) is 4.39. The minimum atomic E-state index is -5.53. The van der Waals surface area contributed by atoms with Crippen molar-refractivity contribution in [2.75, 3.05) is 0 Å². The number of nitrogens with zero attached hydrogens (tertiary/aromatic N) is 3. The van der Waals surface area contributed by atoms with E-state index in [1.54, 1.807) is 6.20 Å². The first-order chi connectivity index (χ1) is 15.4. The summed E-state index contributed by atoms with van der Waals surface area (Å²) in [5.74, 6) is -0.401. The molecule has 2 aromatic carbocycles. The summed E-state index contributed by atoms with van der Waals surface area (Å²) in [5, 5.41) is 11.4. The van der Waals surface area contributed by atoms with Gasteiger partial charge < -0.3 is 5.11 Å². The highest BCUT2D eigenvalue weighted by Crippen LogP contribution is 2.31. The lowest BCUT2D eigenvalue weighted by Crippen LogP contribution is -2.25. The summed E-state index contributed by atoms with van der Waals surface area (Å²) < 4.78 is 63.8. The number of pyridine rings is 1. The summed E-state index contributed by atoms with van der Waals surface area (Å²) in [7, 11) is -5.53. The first-order valence-electron chi connectivity index (χ1n) is 9.69. The lowest BCUT2D eigenvalue weighted by Gasteiger charge is -2.11. The number of hydrogen-bond donors (Lipinski definition) is 1. The Morgan fingerprint density at radius 3 is 2.30 bits per heavy atom. The highest BCUT2D eigenvalue weighted by molar-refractivity contribution is 7.92. The van der Waals surface area contributed by atoms with E-state index >= 15 is 0 Å². The summed E-state index contributed by atoms with van der Waals surface area (Å²) in [6.07, 6.45) is 1.69. The van der Waals surface area contributed by atoms with Crippen LogP contribution in [0.1, 0.15) is 16.8 Å². The van der Waals surface area contributed by atoms with E-state index in [4.69, 9.17) is 0 Å². The van der Waals surface area contributed by atoms with E-state index in [1.165, 1.54) is 11.5 Å². The van der Waals surface area contributed by atoms with Crippen LogP contribution in [0.3, 0.4) is 0 Å². The molecule has 7 nitrogen and oxygen atoms in total. The SMILES string of the molecule is Cc1cnc2ccccc2c1Cn1c(C)c(O)n(-c2ccc(S(=O)(=O)C(F)(F)F)cc2)c1=O. The van der Waals surface area contributed by atoms with E-state index < -0.39 is 31.8 Å². The average Bonchev–Trinajstić information content (AvgIpc) is 2.98. The van der Waals surface area contributed by atoms with Gasteiger partial charge in [-0.05, 0) is 55.3 Å². The Kier molecular flexibility index (Phi) is 5.32. The summed E-state index contributed by atoms with van der Waals surface area (Å²) in [5.41, 5.74) is -3.39. The van der Waals surface area contributed by atoms with Crippen LogP contribution in [0.25, 0.3) is 16.6 Å². The Labute approximate surface area is 186 Å². The maximum absolute atomic E-state index is 13.2. The molecular formula is C22H18F3N3O4S. The van der Waals surface area contributed by atoms with Crippen molar-refractivity contribution in [1.82, 2.24) is 14.1 Å². The fraction of sp³-hybridized carbons (Fsp3) is 0.182. The molecular weight excluding hydrogens is 459 g/mol. The fourth-order valence-electron chi connectivity index (χ4n) is 3.63. The topological polar surface area (TPSA) is 94.2 Å². The lowest BCUT2D eigenvalue weighted by molar-refractivity contribution is -0.0436. The number of halogens is 3. The van der Waals surface area contributed by atoms with E-state index in [0.717, 1.165) is 50.9 Å². The Morgan fingerprint density at radius 2 is 1.67 bits per heavy atom. The number of aromatic hydroxyl groups is 1.